The van der Waals surface area contributed by atoms with E-state index in [0.717, 1.165) is 0 Å². The minimum atomic E-state index is -1.15. The molecule has 1 aromatic heterocycles. The molecule has 2 rings (SSSR count). The van der Waals surface area contributed by atoms with Crippen LogP contribution in [0.5, 0.6) is 5.75 Å². The minimum absolute atomic E-state index is 0.0400. The molecule has 1 heterocycles. The van der Waals surface area contributed by atoms with E-state index < -0.39 is 5.30 Å². The Morgan fingerprint density at radius 1 is 1.33 bits per heavy atom. The number of hydrogen-bond donors (Lipinski definition) is 2. The number of carboxylic acid groups (broad SMARTS) is 1. The molecular weight excluding hydrogens is 392 g/mol. The summed E-state index contributed by atoms with van der Waals surface area (Å²) in [7, 11) is 0. The molecular formula is C9H4Br2N2O4S. The molecule has 94 valence electrons. The van der Waals surface area contributed by atoms with Crippen LogP contribution >= 0.6 is 43.6 Å². The van der Waals surface area contributed by atoms with Gasteiger partial charge >= 0.3 is 5.30 Å². The molecule has 0 amide bonds. The molecule has 0 unspecified atom stereocenters. The number of carbonyl (C=O) groups is 1. The summed E-state index contributed by atoms with van der Waals surface area (Å²) in [4.78, 5) is 10.5. The van der Waals surface area contributed by atoms with Crippen molar-refractivity contribution in [1.29, 1.82) is 0 Å². The zero-order valence-corrected chi connectivity index (χ0v) is 12.4. The molecule has 0 aliphatic rings. The van der Waals surface area contributed by atoms with E-state index in [9.17, 15) is 9.90 Å². The SMILES string of the molecule is O=C(O)Sc1nnc(-c2cc(Br)cc(Br)c2O)o1. The van der Waals surface area contributed by atoms with Gasteiger partial charge in [0.05, 0.1) is 21.8 Å². The molecule has 0 aliphatic heterocycles. The number of benzene rings is 1. The highest BCUT2D eigenvalue weighted by molar-refractivity contribution is 9.11. The van der Waals surface area contributed by atoms with E-state index in [1.807, 2.05) is 0 Å². The monoisotopic (exact) mass is 394 g/mol. The predicted octanol–water partition coefficient (Wildman–Crippen LogP) is 3.74. The highest BCUT2D eigenvalue weighted by atomic mass is 79.9. The van der Waals surface area contributed by atoms with Crippen molar-refractivity contribution in [2.24, 2.45) is 0 Å². The lowest BCUT2D eigenvalue weighted by atomic mass is 10.2. The van der Waals surface area contributed by atoms with Gasteiger partial charge in [-0.1, -0.05) is 15.9 Å². The van der Waals surface area contributed by atoms with Crippen molar-refractivity contribution in [2.45, 2.75) is 5.22 Å². The summed E-state index contributed by atoms with van der Waals surface area (Å²) in [5.41, 5.74) is 0.306. The number of halogens is 2. The number of phenolic OH excluding ortho intramolecular Hbond substituents is 1. The number of nitrogens with zero attached hydrogens (tertiary/aromatic N) is 2. The van der Waals surface area contributed by atoms with E-state index in [4.69, 9.17) is 9.52 Å². The van der Waals surface area contributed by atoms with Gasteiger partial charge in [-0.05, 0) is 28.1 Å². The summed E-state index contributed by atoms with van der Waals surface area (Å²) >= 11 is 6.83. The van der Waals surface area contributed by atoms with Crippen molar-refractivity contribution < 1.29 is 19.4 Å². The van der Waals surface area contributed by atoms with E-state index in [0.29, 0.717) is 26.3 Å². The Balaban J connectivity index is 2.43. The smallest absolute Gasteiger partial charge is 0.374 e. The maximum absolute atomic E-state index is 10.5. The van der Waals surface area contributed by atoms with Gasteiger partial charge in [-0.15, -0.1) is 10.2 Å². The first-order chi connectivity index (χ1) is 8.47. The quantitative estimate of drug-likeness (QED) is 0.747. The Morgan fingerprint density at radius 3 is 2.72 bits per heavy atom. The van der Waals surface area contributed by atoms with Crippen LogP contribution in [0.1, 0.15) is 0 Å². The molecule has 0 fully saturated rings. The molecule has 1 aromatic carbocycles. The van der Waals surface area contributed by atoms with Crippen LogP contribution in [-0.2, 0) is 0 Å². The molecule has 0 atom stereocenters. The van der Waals surface area contributed by atoms with Crippen molar-refractivity contribution in [3.63, 3.8) is 0 Å². The van der Waals surface area contributed by atoms with Gasteiger partial charge < -0.3 is 14.6 Å². The molecule has 9 heteroatoms. The van der Waals surface area contributed by atoms with Crippen LogP contribution in [0.15, 0.2) is 30.7 Å². The Hall–Kier alpha value is -1.06. The molecule has 6 nitrogen and oxygen atoms in total. The zero-order chi connectivity index (χ0) is 13.3. The molecule has 0 spiro atoms. The van der Waals surface area contributed by atoms with E-state index in [1.54, 1.807) is 12.1 Å². The van der Waals surface area contributed by atoms with Gasteiger partial charge in [-0.3, -0.25) is 0 Å². The summed E-state index contributed by atoms with van der Waals surface area (Å²) in [6.45, 7) is 0. The predicted molar refractivity (Wildman–Crippen MR) is 70.7 cm³/mol. The molecule has 2 aromatic rings. The molecule has 18 heavy (non-hydrogen) atoms. The Bertz CT molecular complexity index is 617. The lowest BCUT2D eigenvalue weighted by molar-refractivity contribution is 0.222. The Kier molecular flexibility index (Phi) is 3.93. The number of aromatic hydroxyl groups is 1. The van der Waals surface area contributed by atoms with Crippen LogP contribution in [0.2, 0.25) is 0 Å². The number of aromatic nitrogens is 2. The number of phenols is 1. The van der Waals surface area contributed by atoms with Crippen molar-refractivity contribution in [3.8, 4) is 17.2 Å². The fraction of sp³-hybridized carbons (Fsp3) is 0. The Morgan fingerprint density at radius 2 is 2.06 bits per heavy atom. The first-order valence-electron chi connectivity index (χ1n) is 4.40. The second kappa shape index (κ2) is 5.29. The standard InChI is InChI=1S/C9H4Br2N2O4S/c10-3-1-4(6(14)5(11)2-3)7-12-13-8(17-7)18-9(15)16/h1-2,14H,(H,15,16). The highest BCUT2D eigenvalue weighted by Gasteiger charge is 2.17. The van der Waals surface area contributed by atoms with Crippen LogP contribution in [-0.4, -0.2) is 25.7 Å². The molecule has 2 N–H and O–H groups in total. The summed E-state index contributed by atoms with van der Waals surface area (Å²) < 4.78 is 6.29. The van der Waals surface area contributed by atoms with Crippen LogP contribution in [0.3, 0.4) is 0 Å². The second-order valence-electron chi connectivity index (χ2n) is 3.02. The number of rotatable bonds is 2. The third-order valence-electron chi connectivity index (χ3n) is 1.84. The lowest BCUT2D eigenvalue weighted by Gasteiger charge is -2.03. The fourth-order valence-corrected chi connectivity index (χ4v) is 2.74. The van der Waals surface area contributed by atoms with Gasteiger partial charge in [-0.2, -0.15) is 0 Å². The van der Waals surface area contributed by atoms with Gasteiger partial charge in [0, 0.05) is 4.47 Å². The summed E-state index contributed by atoms with van der Waals surface area (Å²) in [6, 6.07) is 3.24. The first-order valence-corrected chi connectivity index (χ1v) is 6.80. The normalized spacial score (nSPS) is 10.6. The lowest BCUT2D eigenvalue weighted by Crippen LogP contribution is -1.82. The van der Waals surface area contributed by atoms with Gasteiger partial charge in [0.25, 0.3) is 11.1 Å². The summed E-state index contributed by atoms with van der Waals surface area (Å²) in [6.07, 6.45) is 0. The van der Waals surface area contributed by atoms with Crippen LogP contribution < -0.4 is 0 Å². The zero-order valence-electron chi connectivity index (χ0n) is 8.42. The van der Waals surface area contributed by atoms with E-state index >= 15 is 0 Å². The third kappa shape index (κ3) is 2.85. The third-order valence-corrected chi connectivity index (χ3v) is 3.42. The van der Waals surface area contributed by atoms with E-state index in [2.05, 4.69) is 42.1 Å². The first kappa shape index (κ1) is 13.4. The van der Waals surface area contributed by atoms with Gasteiger partial charge in [0.15, 0.2) is 0 Å². The number of hydrogen-bond acceptors (Lipinski definition) is 6. The van der Waals surface area contributed by atoms with E-state index in [1.165, 1.54) is 0 Å². The molecule has 0 saturated heterocycles. The topological polar surface area (TPSA) is 96.5 Å². The van der Waals surface area contributed by atoms with Crippen molar-refractivity contribution in [2.75, 3.05) is 0 Å². The fourth-order valence-electron chi connectivity index (χ4n) is 1.16. The average molecular weight is 396 g/mol. The maximum Gasteiger partial charge on any atom is 0.374 e. The van der Waals surface area contributed by atoms with Gasteiger partial charge in [-0.25, -0.2) is 4.79 Å². The molecule has 0 bridgehead atoms. The maximum atomic E-state index is 10.5. The summed E-state index contributed by atoms with van der Waals surface area (Å²) in [5, 5.41) is 24.4. The van der Waals surface area contributed by atoms with Crippen LogP contribution in [0.25, 0.3) is 11.5 Å². The minimum Gasteiger partial charge on any atom is -0.506 e. The van der Waals surface area contributed by atoms with Crippen LogP contribution in [0.4, 0.5) is 4.79 Å². The largest absolute Gasteiger partial charge is 0.506 e. The molecule has 0 aliphatic carbocycles. The summed E-state index contributed by atoms with van der Waals surface area (Å²) in [5.74, 6) is -0.0213. The van der Waals surface area contributed by atoms with Crippen LogP contribution in [0, 0.1) is 0 Å². The second-order valence-corrected chi connectivity index (χ2v) is 5.70. The average Bonchev–Trinajstić information content (AvgIpc) is 2.70. The highest BCUT2D eigenvalue weighted by Crippen LogP contribution is 2.38. The van der Waals surface area contributed by atoms with Crippen molar-refractivity contribution >= 4 is 48.9 Å². The number of thioether (sulfide) groups is 1. The van der Waals surface area contributed by atoms with Gasteiger partial charge in [0.1, 0.15) is 5.75 Å². The molecule has 0 radical (unpaired) electrons. The van der Waals surface area contributed by atoms with E-state index in [-0.39, 0.29) is 16.9 Å². The van der Waals surface area contributed by atoms with Gasteiger partial charge in [0.2, 0.25) is 0 Å². The van der Waals surface area contributed by atoms with Crippen molar-refractivity contribution in [1.82, 2.24) is 10.2 Å². The Labute approximate surface area is 122 Å². The molecule has 0 saturated carbocycles. The van der Waals surface area contributed by atoms with Crippen molar-refractivity contribution in [3.05, 3.63) is 21.1 Å².